The zero-order chi connectivity index (χ0) is 19.5. The number of anilines is 1. The molecule has 1 aromatic heterocycles. The van der Waals surface area contributed by atoms with Crippen molar-refractivity contribution in [1.82, 2.24) is 4.98 Å². The van der Waals surface area contributed by atoms with E-state index in [4.69, 9.17) is 21.3 Å². The van der Waals surface area contributed by atoms with Gasteiger partial charge in [-0.15, -0.1) is 0 Å². The van der Waals surface area contributed by atoms with Crippen molar-refractivity contribution < 1.29 is 9.53 Å². The maximum atomic E-state index is 12.8. The van der Waals surface area contributed by atoms with E-state index in [1.165, 1.54) is 0 Å². The molecule has 28 heavy (non-hydrogen) atoms. The van der Waals surface area contributed by atoms with E-state index in [9.17, 15) is 4.79 Å². The van der Waals surface area contributed by atoms with Gasteiger partial charge in [0.15, 0.2) is 10.9 Å². The van der Waals surface area contributed by atoms with Crippen molar-refractivity contribution in [2.75, 3.05) is 18.0 Å². The van der Waals surface area contributed by atoms with Gasteiger partial charge in [0.2, 0.25) is 0 Å². The van der Waals surface area contributed by atoms with E-state index < -0.39 is 0 Å². The van der Waals surface area contributed by atoms with Crippen LogP contribution in [-0.2, 0) is 0 Å². The van der Waals surface area contributed by atoms with Crippen LogP contribution in [0.1, 0.15) is 40.7 Å². The van der Waals surface area contributed by atoms with E-state index in [0.717, 1.165) is 68.7 Å². The number of hydrogen-bond donors (Lipinski definition) is 0. The molecular formula is C22H21ClN2O2S. The molecule has 0 saturated carbocycles. The summed E-state index contributed by atoms with van der Waals surface area (Å²) in [6, 6.07) is 9.73. The zero-order valence-corrected chi connectivity index (χ0v) is 17.5. The Morgan fingerprint density at radius 2 is 1.96 bits per heavy atom. The molecule has 1 fully saturated rings. The first kappa shape index (κ1) is 18.0. The fraction of sp³-hybridized carbons (Fsp3) is 0.364. The van der Waals surface area contributed by atoms with Gasteiger partial charge < -0.3 is 9.64 Å². The van der Waals surface area contributed by atoms with Gasteiger partial charge in [-0.1, -0.05) is 29.0 Å². The minimum atomic E-state index is -0.390. The third-order valence-electron chi connectivity index (χ3n) is 6.06. The van der Waals surface area contributed by atoms with Crippen molar-refractivity contribution in [3.63, 3.8) is 0 Å². The van der Waals surface area contributed by atoms with E-state index >= 15 is 0 Å². The molecule has 0 amide bonds. The number of thiazole rings is 1. The predicted octanol–water partition coefficient (Wildman–Crippen LogP) is 5.57. The number of aromatic nitrogens is 1. The molecular weight excluding hydrogens is 392 g/mol. The maximum Gasteiger partial charge on any atom is 0.186 e. The molecule has 0 radical (unpaired) electrons. The number of benzene rings is 2. The summed E-state index contributed by atoms with van der Waals surface area (Å²) in [5.74, 6) is 0.992. The van der Waals surface area contributed by atoms with Gasteiger partial charge in [0.25, 0.3) is 0 Å². The maximum absolute atomic E-state index is 12.8. The summed E-state index contributed by atoms with van der Waals surface area (Å²) in [4.78, 5) is 19.9. The van der Waals surface area contributed by atoms with Gasteiger partial charge in [-0.05, 0) is 49.2 Å². The second kappa shape index (κ2) is 6.46. The molecule has 1 saturated heterocycles. The van der Waals surface area contributed by atoms with Crippen molar-refractivity contribution in [2.45, 2.75) is 38.7 Å². The largest absolute Gasteiger partial charge is 0.486 e. The number of aryl methyl sites for hydroxylation is 1. The van der Waals surface area contributed by atoms with Crippen LogP contribution >= 0.6 is 22.9 Å². The first-order chi connectivity index (χ1) is 13.4. The number of piperidine rings is 1. The van der Waals surface area contributed by atoms with Crippen molar-refractivity contribution in [3.8, 4) is 5.75 Å². The molecule has 4 nitrogen and oxygen atoms in total. The second-order valence-corrected chi connectivity index (χ2v) is 9.31. The normalized spacial score (nSPS) is 18.4. The molecule has 2 aromatic carbocycles. The van der Waals surface area contributed by atoms with E-state index in [2.05, 4.69) is 11.8 Å². The Balaban J connectivity index is 1.39. The lowest BCUT2D eigenvalue weighted by Gasteiger charge is -2.44. The number of carbonyl (C=O) groups is 1. The number of Topliss-reactive ketones (excluding diaryl/α,β-unsaturated/α-hetero) is 1. The highest BCUT2D eigenvalue weighted by Crippen LogP contribution is 2.43. The SMILES string of the molecule is Cc1ccc2c(c1C)OC1(CCN(c3nc4ccc(Cl)cc4s3)CC1)CC2=O. The first-order valence-electron chi connectivity index (χ1n) is 9.58. The Labute approximate surface area is 173 Å². The Bertz CT molecular complexity index is 1100. The molecule has 6 heteroatoms. The lowest BCUT2D eigenvalue weighted by molar-refractivity contribution is 0.0226. The number of halogens is 1. The summed E-state index contributed by atoms with van der Waals surface area (Å²) < 4.78 is 7.62. The smallest absolute Gasteiger partial charge is 0.186 e. The number of nitrogens with zero attached hydrogens (tertiary/aromatic N) is 2. The third kappa shape index (κ3) is 2.88. The molecule has 0 aliphatic carbocycles. The monoisotopic (exact) mass is 412 g/mol. The topological polar surface area (TPSA) is 42.4 Å². The van der Waals surface area contributed by atoms with Gasteiger partial charge in [-0.2, -0.15) is 0 Å². The summed E-state index contributed by atoms with van der Waals surface area (Å²) in [5, 5.41) is 1.75. The molecule has 144 valence electrons. The summed E-state index contributed by atoms with van der Waals surface area (Å²) in [6.07, 6.45) is 2.11. The first-order valence-corrected chi connectivity index (χ1v) is 10.8. The Hall–Kier alpha value is -2.11. The van der Waals surface area contributed by atoms with Crippen LogP contribution in [0.5, 0.6) is 5.75 Å². The molecule has 1 spiro atoms. The molecule has 3 heterocycles. The number of ketones is 1. The fourth-order valence-corrected chi connectivity index (χ4v) is 5.48. The number of ether oxygens (including phenoxy) is 1. The van der Waals surface area contributed by atoms with Gasteiger partial charge in [0.1, 0.15) is 11.4 Å². The molecule has 2 aliphatic rings. The highest BCUT2D eigenvalue weighted by Gasteiger charge is 2.43. The predicted molar refractivity (Wildman–Crippen MR) is 114 cm³/mol. The number of hydrogen-bond acceptors (Lipinski definition) is 5. The Morgan fingerprint density at radius 1 is 1.18 bits per heavy atom. The standard InChI is InChI=1S/C22H21ClN2O2S/c1-13-3-5-16-18(26)12-22(27-20(16)14(13)2)7-9-25(10-8-22)21-24-17-6-4-15(23)11-19(17)28-21/h3-6,11H,7-10,12H2,1-2H3. The van der Waals surface area contributed by atoms with Crippen molar-refractivity contribution in [3.05, 3.63) is 52.0 Å². The third-order valence-corrected chi connectivity index (χ3v) is 7.38. The quantitative estimate of drug-likeness (QED) is 0.524. The zero-order valence-electron chi connectivity index (χ0n) is 15.9. The average molecular weight is 413 g/mol. The van der Waals surface area contributed by atoms with Gasteiger partial charge in [0.05, 0.1) is 22.2 Å². The molecule has 0 unspecified atom stereocenters. The minimum Gasteiger partial charge on any atom is -0.486 e. The number of carbonyl (C=O) groups excluding carboxylic acids is 1. The average Bonchev–Trinajstić information content (AvgIpc) is 3.09. The van der Waals surface area contributed by atoms with Gasteiger partial charge >= 0.3 is 0 Å². The van der Waals surface area contributed by atoms with Gasteiger partial charge in [-0.3, -0.25) is 4.79 Å². The van der Waals surface area contributed by atoms with Gasteiger partial charge in [0, 0.05) is 31.0 Å². The van der Waals surface area contributed by atoms with Crippen LogP contribution in [0.2, 0.25) is 5.02 Å². The Morgan fingerprint density at radius 3 is 2.75 bits per heavy atom. The molecule has 3 aromatic rings. The minimum absolute atomic E-state index is 0.201. The van der Waals surface area contributed by atoms with Crippen molar-refractivity contribution in [1.29, 1.82) is 0 Å². The van der Waals surface area contributed by atoms with E-state index in [1.807, 2.05) is 37.3 Å². The van der Waals surface area contributed by atoms with Crippen LogP contribution < -0.4 is 9.64 Å². The lowest BCUT2D eigenvalue weighted by Crippen LogP contribution is -2.51. The molecule has 5 rings (SSSR count). The van der Waals surface area contributed by atoms with Crippen LogP contribution in [-0.4, -0.2) is 29.5 Å². The van der Waals surface area contributed by atoms with Crippen LogP contribution in [0.25, 0.3) is 10.2 Å². The highest BCUT2D eigenvalue weighted by atomic mass is 35.5. The molecule has 0 bridgehead atoms. The van der Waals surface area contributed by atoms with Crippen LogP contribution in [0, 0.1) is 13.8 Å². The van der Waals surface area contributed by atoms with Crippen LogP contribution in [0.4, 0.5) is 5.13 Å². The van der Waals surface area contributed by atoms with E-state index in [0.29, 0.717) is 6.42 Å². The van der Waals surface area contributed by atoms with Crippen molar-refractivity contribution >= 4 is 44.1 Å². The van der Waals surface area contributed by atoms with E-state index in [-0.39, 0.29) is 11.4 Å². The summed E-state index contributed by atoms with van der Waals surface area (Å²) in [5.41, 5.74) is 3.57. The molecule has 0 N–H and O–H groups in total. The van der Waals surface area contributed by atoms with E-state index in [1.54, 1.807) is 11.3 Å². The lowest BCUT2D eigenvalue weighted by atomic mass is 9.81. The number of fused-ring (bicyclic) bond motifs is 2. The Kier molecular flexibility index (Phi) is 4.14. The van der Waals surface area contributed by atoms with Gasteiger partial charge in [-0.25, -0.2) is 4.98 Å². The highest BCUT2D eigenvalue weighted by molar-refractivity contribution is 7.22. The number of rotatable bonds is 1. The fourth-order valence-electron chi connectivity index (χ4n) is 4.19. The summed E-state index contributed by atoms with van der Waals surface area (Å²) >= 11 is 7.78. The summed E-state index contributed by atoms with van der Waals surface area (Å²) in [7, 11) is 0. The second-order valence-electron chi connectivity index (χ2n) is 7.86. The molecule has 0 atom stereocenters. The summed E-state index contributed by atoms with van der Waals surface area (Å²) in [6.45, 7) is 5.77. The van der Waals surface area contributed by atoms with Crippen molar-refractivity contribution in [2.24, 2.45) is 0 Å². The van der Waals surface area contributed by atoms with Crippen LogP contribution in [0.15, 0.2) is 30.3 Å². The molecule has 2 aliphatic heterocycles. The van der Waals surface area contributed by atoms with Crippen LogP contribution in [0.3, 0.4) is 0 Å².